The Kier molecular flexibility index (Phi) is 5.18. The van der Waals surface area contributed by atoms with Crippen LogP contribution in [0.5, 0.6) is 0 Å². The highest BCUT2D eigenvalue weighted by Crippen LogP contribution is 2.26. The molecule has 2 amide bonds. The van der Waals surface area contributed by atoms with Crippen molar-refractivity contribution in [2.24, 2.45) is 5.92 Å². The monoisotopic (exact) mass is 462 g/mol. The average molecular weight is 463 g/mol. The Morgan fingerprint density at radius 1 is 1.06 bits per heavy atom. The molecular formula is C23H19ClN6O3. The molecule has 0 radical (unpaired) electrons. The molecule has 2 aromatic heterocycles. The normalized spacial score (nSPS) is 15.9. The van der Waals surface area contributed by atoms with Crippen LogP contribution in [0.25, 0.3) is 16.7 Å². The second kappa shape index (κ2) is 8.18. The Morgan fingerprint density at radius 3 is 2.48 bits per heavy atom. The van der Waals surface area contributed by atoms with Gasteiger partial charge < -0.3 is 4.90 Å². The minimum atomic E-state index is -0.606. The van der Waals surface area contributed by atoms with Gasteiger partial charge in [-0.25, -0.2) is 14.3 Å². The molecule has 0 saturated carbocycles. The van der Waals surface area contributed by atoms with Gasteiger partial charge in [0.15, 0.2) is 5.65 Å². The molecule has 1 aliphatic heterocycles. The quantitative estimate of drug-likeness (QED) is 0.502. The number of aromatic nitrogens is 4. The van der Waals surface area contributed by atoms with Crippen LogP contribution in [0.2, 0.25) is 5.02 Å². The molecule has 3 heterocycles. The lowest BCUT2D eigenvalue weighted by molar-refractivity contribution is -0.123. The molecule has 10 heteroatoms. The minimum absolute atomic E-state index is 0.0459. The number of fused-ring (bicyclic) bond motifs is 1. The fourth-order valence-electron chi connectivity index (χ4n) is 3.83. The fourth-order valence-corrected chi connectivity index (χ4v) is 3.96. The maximum atomic E-state index is 12.9. The van der Waals surface area contributed by atoms with E-state index >= 15 is 0 Å². The molecule has 0 spiro atoms. The van der Waals surface area contributed by atoms with E-state index in [1.807, 2.05) is 31.2 Å². The Morgan fingerprint density at radius 2 is 1.76 bits per heavy atom. The van der Waals surface area contributed by atoms with Crippen LogP contribution in [-0.4, -0.2) is 37.8 Å². The van der Waals surface area contributed by atoms with Crippen LogP contribution in [0.3, 0.4) is 0 Å². The van der Waals surface area contributed by atoms with Gasteiger partial charge in [0, 0.05) is 23.7 Å². The molecule has 0 bridgehead atoms. The van der Waals surface area contributed by atoms with Crippen LogP contribution in [0.1, 0.15) is 12.0 Å². The number of rotatable bonds is 4. The number of nitrogens with one attached hydrogen (secondary N) is 1. The number of aryl methyl sites for hydroxylation is 1. The third-order valence-corrected chi connectivity index (χ3v) is 5.88. The number of halogens is 1. The predicted octanol–water partition coefficient (Wildman–Crippen LogP) is 2.67. The van der Waals surface area contributed by atoms with Crippen LogP contribution in [0.4, 0.5) is 5.69 Å². The van der Waals surface area contributed by atoms with Crippen molar-refractivity contribution in [3.05, 3.63) is 82.0 Å². The van der Waals surface area contributed by atoms with E-state index in [9.17, 15) is 14.4 Å². The lowest BCUT2D eigenvalue weighted by Gasteiger charge is -2.17. The van der Waals surface area contributed by atoms with Crippen LogP contribution in [0, 0.1) is 12.8 Å². The lowest BCUT2D eigenvalue weighted by Crippen LogP contribution is -2.37. The molecule has 2 aromatic carbocycles. The number of nitrogens with zero attached hydrogens (tertiary/aromatic N) is 5. The zero-order valence-electron chi connectivity index (χ0n) is 17.6. The van der Waals surface area contributed by atoms with Crippen LogP contribution >= 0.6 is 11.6 Å². The van der Waals surface area contributed by atoms with Crippen LogP contribution < -0.4 is 15.9 Å². The number of carbonyl (C=O) groups is 2. The number of anilines is 1. The van der Waals surface area contributed by atoms with Crippen molar-refractivity contribution < 1.29 is 9.59 Å². The second-order valence-electron chi connectivity index (χ2n) is 7.91. The molecule has 1 fully saturated rings. The van der Waals surface area contributed by atoms with Gasteiger partial charge in [0.05, 0.1) is 17.8 Å². The smallest absolute Gasteiger partial charge is 0.283 e. The molecule has 1 aliphatic rings. The van der Waals surface area contributed by atoms with Crippen molar-refractivity contribution in [3.63, 3.8) is 0 Å². The standard InChI is InChI=1S/C23H19ClN6O3/c1-14-2-6-18(7-3-14)30-21-19(11-26-30)23(33)29(13-25-21)27-22(32)15-10-20(31)28(12-15)17-8-4-16(24)5-9-17/h2-9,11,13,15H,10,12H2,1H3,(H,27,32). The Bertz CT molecular complexity index is 1430. The van der Waals surface area contributed by atoms with Gasteiger partial charge in [-0.15, -0.1) is 0 Å². The maximum absolute atomic E-state index is 12.9. The number of hydrogen-bond donors (Lipinski definition) is 1. The summed E-state index contributed by atoms with van der Waals surface area (Å²) in [7, 11) is 0. The summed E-state index contributed by atoms with van der Waals surface area (Å²) in [5.41, 5.74) is 5.05. The van der Waals surface area contributed by atoms with Crippen molar-refractivity contribution in [1.82, 2.24) is 19.4 Å². The summed E-state index contributed by atoms with van der Waals surface area (Å²) in [4.78, 5) is 44.1. The highest BCUT2D eigenvalue weighted by Gasteiger charge is 2.35. The molecule has 5 rings (SSSR count). The molecule has 1 N–H and O–H groups in total. The topological polar surface area (TPSA) is 102 Å². The number of amides is 2. The van der Waals surface area contributed by atoms with Gasteiger partial charge in [0.1, 0.15) is 11.7 Å². The van der Waals surface area contributed by atoms with Gasteiger partial charge in [-0.05, 0) is 43.3 Å². The zero-order chi connectivity index (χ0) is 23.1. The predicted molar refractivity (Wildman–Crippen MR) is 124 cm³/mol. The largest absolute Gasteiger partial charge is 0.312 e. The van der Waals surface area contributed by atoms with Gasteiger partial charge in [-0.1, -0.05) is 29.3 Å². The first kappa shape index (κ1) is 20.9. The Balaban J connectivity index is 1.36. The Labute approximate surface area is 193 Å². The lowest BCUT2D eigenvalue weighted by atomic mass is 10.1. The SMILES string of the molecule is Cc1ccc(-n2ncc3c(=O)n(NC(=O)C4CC(=O)N(c5ccc(Cl)cc5)C4)cnc32)cc1. The van der Waals surface area contributed by atoms with E-state index in [1.165, 1.54) is 17.4 Å². The first-order chi connectivity index (χ1) is 15.9. The van der Waals surface area contributed by atoms with Gasteiger partial charge in [-0.2, -0.15) is 5.10 Å². The summed E-state index contributed by atoms with van der Waals surface area (Å²) in [6.45, 7) is 2.19. The molecule has 33 heavy (non-hydrogen) atoms. The van der Waals surface area contributed by atoms with Gasteiger partial charge in [0.25, 0.3) is 5.56 Å². The summed E-state index contributed by atoms with van der Waals surface area (Å²) < 4.78 is 2.60. The summed E-state index contributed by atoms with van der Waals surface area (Å²) in [5.74, 6) is -1.21. The third kappa shape index (κ3) is 3.87. The van der Waals surface area contributed by atoms with Crippen molar-refractivity contribution in [2.45, 2.75) is 13.3 Å². The third-order valence-electron chi connectivity index (χ3n) is 5.63. The molecule has 9 nitrogen and oxygen atoms in total. The van der Waals surface area contributed by atoms with E-state index in [4.69, 9.17) is 11.6 Å². The zero-order valence-corrected chi connectivity index (χ0v) is 18.4. The minimum Gasteiger partial charge on any atom is -0.312 e. The summed E-state index contributed by atoms with van der Waals surface area (Å²) in [6, 6.07) is 14.5. The van der Waals surface area contributed by atoms with Crippen LogP contribution in [-0.2, 0) is 9.59 Å². The summed E-state index contributed by atoms with van der Waals surface area (Å²) in [6.07, 6.45) is 2.72. The second-order valence-corrected chi connectivity index (χ2v) is 8.34. The van der Waals surface area contributed by atoms with E-state index in [-0.39, 0.29) is 24.3 Å². The van der Waals surface area contributed by atoms with Crippen molar-refractivity contribution >= 4 is 40.1 Å². The molecule has 0 aliphatic carbocycles. The fraction of sp³-hybridized carbons (Fsp3) is 0.174. The van der Waals surface area contributed by atoms with Crippen molar-refractivity contribution in [3.8, 4) is 5.69 Å². The van der Waals surface area contributed by atoms with E-state index < -0.39 is 17.4 Å². The van der Waals surface area contributed by atoms with Gasteiger partial charge >= 0.3 is 0 Å². The van der Waals surface area contributed by atoms with Crippen molar-refractivity contribution in [1.29, 1.82) is 0 Å². The highest BCUT2D eigenvalue weighted by atomic mass is 35.5. The van der Waals surface area contributed by atoms with Gasteiger partial charge in [0.2, 0.25) is 11.8 Å². The molecule has 4 aromatic rings. The molecule has 1 atom stereocenters. The highest BCUT2D eigenvalue weighted by molar-refractivity contribution is 6.30. The summed E-state index contributed by atoms with van der Waals surface area (Å²) in [5, 5.41) is 5.11. The van der Waals surface area contributed by atoms with E-state index in [0.29, 0.717) is 16.4 Å². The van der Waals surface area contributed by atoms with Crippen molar-refractivity contribution in [2.75, 3.05) is 16.9 Å². The van der Waals surface area contributed by atoms with E-state index in [0.717, 1.165) is 15.9 Å². The first-order valence-electron chi connectivity index (χ1n) is 10.3. The number of benzene rings is 2. The molecule has 166 valence electrons. The van der Waals surface area contributed by atoms with E-state index in [1.54, 1.807) is 28.9 Å². The number of carbonyl (C=O) groups excluding carboxylic acids is 2. The average Bonchev–Trinajstić information content (AvgIpc) is 3.41. The summed E-state index contributed by atoms with van der Waals surface area (Å²) >= 11 is 5.91. The van der Waals surface area contributed by atoms with E-state index in [2.05, 4.69) is 15.5 Å². The molecule has 1 saturated heterocycles. The number of hydrogen-bond acceptors (Lipinski definition) is 5. The van der Waals surface area contributed by atoms with Crippen LogP contribution in [0.15, 0.2) is 65.8 Å². The molecule has 1 unspecified atom stereocenters. The molecular weight excluding hydrogens is 444 g/mol. The maximum Gasteiger partial charge on any atom is 0.283 e. The first-order valence-corrected chi connectivity index (χ1v) is 10.7. The Hall–Kier alpha value is -3.98. The van der Waals surface area contributed by atoms with Gasteiger partial charge in [-0.3, -0.25) is 19.8 Å².